The number of carbonyl (C=O) groups excluding carboxylic acids is 1. The molecule has 0 amide bonds. The fourth-order valence-electron chi connectivity index (χ4n) is 1.95. The van der Waals surface area contributed by atoms with E-state index >= 15 is 0 Å². The van der Waals surface area contributed by atoms with Crippen LogP contribution in [0.3, 0.4) is 0 Å². The predicted molar refractivity (Wildman–Crippen MR) is 80.7 cm³/mol. The second kappa shape index (κ2) is 6.44. The second-order valence-corrected chi connectivity index (χ2v) is 4.88. The summed E-state index contributed by atoms with van der Waals surface area (Å²) in [5.74, 6) is -0.00403. The Balaban J connectivity index is 2.45. The van der Waals surface area contributed by atoms with Crippen LogP contribution in [0.25, 0.3) is 0 Å². The lowest BCUT2D eigenvalue weighted by Crippen LogP contribution is -2.07. The molecule has 0 unspecified atom stereocenters. The highest BCUT2D eigenvalue weighted by Crippen LogP contribution is 2.32. The van der Waals surface area contributed by atoms with E-state index in [0.717, 1.165) is 7.11 Å². The molecule has 0 fully saturated rings. The molecule has 6 nitrogen and oxygen atoms in total. The molecular weight excluding hydrogens is 310 g/mol. The Bertz CT molecular complexity index is 727. The molecule has 0 atom stereocenters. The van der Waals surface area contributed by atoms with E-state index in [1.807, 2.05) is 0 Å². The van der Waals surface area contributed by atoms with E-state index in [1.54, 1.807) is 24.3 Å². The Morgan fingerprint density at radius 2 is 1.82 bits per heavy atom. The van der Waals surface area contributed by atoms with Crippen molar-refractivity contribution < 1.29 is 19.2 Å². The van der Waals surface area contributed by atoms with Crippen molar-refractivity contribution in [1.29, 1.82) is 0 Å². The maximum Gasteiger partial charge on any atom is 0.345 e. The molecular formula is C15H12ClNO5. The number of benzene rings is 2. The highest BCUT2D eigenvalue weighted by atomic mass is 35.5. The lowest BCUT2D eigenvalue weighted by Gasteiger charge is -2.09. The van der Waals surface area contributed by atoms with E-state index < -0.39 is 10.9 Å². The largest absolute Gasteiger partial charge is 0.465 e. The van der Waals surface area contributed by atoms with Gasteiger partial charge in [-0.25, -0.2) is 4.79 Å². The first-order valence-corrected chi connectivity index (χ1v) is 6.61. The van der Waals surface area contributed by atoms with Crippen LogP contribution in [-0.4, -0.2) is 18.0 Å². The van der Waals surface area contributed by atoms with Gasteiger partial charge in [0.25, 0.3) is 5.69 Å². The van der Waals surface area contributed by atoms with Crippen molar-refractivity contribution in [3.05, 3.63) is 62.7 Å². The number of hydrogen-bond donors (Lipinski definition) is 0. The molecule has 22 heavy (non-hydrogen) atoms. The molecule has 114 valence electrons. The van der Waals surface area contributed by atoms with Gasteiger partial charge in [-0.2, -0.15) is 0 Å². The zero-order chi connectivity index (χ0) is 16.3. The number of halogens is 1. The first-order chi connectivity index (χ1) is 10.4. The van der Waals surface area contributed by atoms with Gasteiger partial charge < -0.3 is 9.47 Å². The van der Waals surface area contributed by atoms with Gasteiger partial charge in [0.1, 0.15) is 17.1 Å². The van der Waals surface area contributed by atoms with Crippen molar-refractivity contribution in [3.8, 4) is 11.5 Å². The molecule has 2 aromatic carbocycles. The number of carbonyl (C=O) groups is 1. The number of nitro groups is 1. The molecule has 2 rings (SSSR count). The Morgan fingerprint density at radius 3 is 2.36 bits per heavy atom. The number of rotatable bonds is 4. The Morgan fingerprint density at radius 1 is 1.18 bits per heavy atom. The number of nitro benzene ring substituents is 1. The van der Waals surface area contributed by atoms with Crippen molar-refractivity contribution in [3.63, 3.8) is 0 Å². The van der Waals surface area contributed by atoms with Gasteiger partial charge in [0.15, 0.2) is 0 Å². The van der Waals surface area contributed by atoms with Gasteiger partial charge >= 0.3 is 5.97 Å². The average Bonchev–Trinajstić information content (AvgIpc) is 2.47. The van der Waals surface area contributed by atoms with Gasteiger partial charge in [0.2, 0.25) is 0 Å². The molecule has 7 heteroatoms. The van der Waals surface area contributed by atoms with Crippen molar-refractivity contribution in [1.82, 2.24) is 0 Å². The molecule has 0 saturated carbocycles. The molecule has 0 spiro atoms. The Labute approximate surface area is 131 Å². The highest BCUT2D eigenvalue weighted by Gasteiger charge is 2.25. The van der Waals surface area contributed by atoms with Crippen LogP contribution in [0.2, 0.25) is 5.02 Å². The number of ether oxygens (including phenoxy) is 2. The van der Waals surface area contributed by atoms with Crippen LogP contribution in [0.1, 0.15) is 15.9 Å². The Kier molecular flexibility index (Phi) is 4.62. The minimum absolute atomic E-state index is 0.156. The smallest absolute Gasteiger partial charge is 0.345 e. The highest BCUT2D eigenvalue weighted by molar-refractivity contribution is 6.30. The molecule has 0 aliphatic heterocycles. The first kappa shape index (κ1) is 15.8. The third-order valence-electron chi connectivity index (χ3n) is 2.91. The number of nitrogens with zero attached hydrogens (tertiary/aromatic N) is 1. The molecule has 2 aromatic rings. The van der Waals surface area contributed by atoms with Gasteiger partial charge in [-0.3, -0.25) is 10.1 Å². The van der Waals surface area contributed by atoms with Crippen LogP contribution in [0.5, 0.6) is 11.5 Å². The van der Waals surface area contributed by atoms with Crippen LogP contribution < -0.4 is 4.74 Å². The summed E-state index contributed by atoms with van der Waals surface area (Å²) in [6, 6.07) is 9.37. The van der Waals surface area contributed by atoms with Gasteiger partial charge in [0, 0.05) is 16.7 Å². The molecule has 0 aromatic heterocycles. The van der Waals surface area contributed by atoms with Crippen molar-refractivity contribution in [2.24, 2.45) is 0 Å². The van der Waals surface area contributed by atoms with Crippen molar-refractivity contribution in [2.45, 2.75) is 6.92 Å². The normalized spacial score (nSPS) is 10.1. The van der Waals surface area contributed by atoms with Crippen LogP contribution in [0, 0.1) is 17.0 Å². The van der Waals surface area contributed by atoms with Gasteiger partial charge in [-0.05, 0) is 37.3 Å². The number of hydrogen-bond acceptors (Lipinski definition) is 5. The third kappa shape index (κ3) is 3.35. The fourth-order valence-corrected chi connectivity index (χ4v) is 2.08. The summed E-state index contributed by atoms with van der Waals surface area (Å²) in [7, 11) is 1.16. The number of aryl methyl sites for hydroxylation is 1. The SMILES string of the molecule is COC(=O)c1cc(Oc2ccc(Cl)cc2)cc(C)c1[N+](=O)[O-]. The molecule has 0 N–H and O–H groups in total. The van der Waals surface area contributed by atoms with Crippen LogP contribution >= 0.6 is 11.6 Å². The van der Waals surface area contributed by atoms with E-state index in [4.69, 9.17) is 16.3 Å². The molecule has 0 bridgehead atoms. The lowest BCUT2D eigenvalue weighted by molar-refractivity contribution is -0.385. The summed E-state index contributed by atoms with van der Waals surface area (Å²) in [4.78, 5) is 22.2. The number of esters is 1. The fraction of sp³-hybridized carbons (Fsp3) is 0.133. The van der Waals surface area contributed by atoms with Crippen LogP contribution in [0.4, 0.5) is 5.69 Å². The molecule has 0 aliphatic carbocycles. The first-order valence-electron chi connectivity index (χ1n) is 6.23. The quantitative estimate of drug-likeness (QED) is 0.480. The maximum absolute atomic E-state index is 11.7. The predicted octanol–water partition coefficient (Wildman–Crippen LogP) is 4.14. The summed E-state index contributed by atoms with van der Waals surface area (Å²) < 4.78 is 10.2. The number of methoxy groups -OCH3 is 1. The van der Waals surface area contributed by atoms with E-state index in [-0.39, 0.29) is 11.3 Å². The zero-order valence-electron chi connectivity index (χ0n) is 11.8. The van der Waals surface area contributed by atoms with Crippen molar-refractivity contribution >= 4 is 23.3 Å². The minimum atomic E-state index is -0.795. The van der Waals surface area contributed by atoms with E-state index in [2.05, 4.69) is 4.74 Å². The second-order valence-electron chi connectivity index (χ2n) is 4.44. The molecule has 0 heterocycles. The Hall–Kier alpha value is -2.60. The van der Waals surface area contributed by atoms with Crippen LogP contribution in [-0.2, 0) is 4.74 Å². The molecule has 0 saturated heterocycles. The van der Waals surface area contributed by atoms with Crippen LogP contribution in [0.15, 0.2) is 36.4 Å². The van der Waals surface area contributed by atoms with Gasteiger partial charge in [-0.15, -0.1) is 0 Å². The monoisotopic (exact) mass is 321 g/mol. The van der Waals surface area contributed by atoms with E-state index in [0.29, 0.717) is 22.1 Å². The van der Waals surface area contributed by atoms with E-state index in [9.17, 15) is 14.9 Å². The lowest BCUT2D eigenvalue weighted by atomic mass is 10.1. The topological polar surface area (TPSA) is 78.7 Å². The summed E-state index contributed by atoms with van der Waals surface area (Å²) in [5.41, 5.74) is -0.149. The summed E-state index contributed by atoms with van der Waals surface area (Å²) in [6.07, 6.45) is 0. The standard InChI is InChI=1S/C15H12ClNO5/c1-9-7-12(22-11-5-3-10(16)4-6-11)8-13(15(18)21-2)14(9)17(19)20/h3-8H,1-2H3. The van der Waals surface area contributed by atoms with Gasteiger partial charge in [-0.1, -0.05) is 11.6 Å². The maximum atomic E-state index is 11.7. The summed E-state index contributed by atoms with van der Waals surface area (Å²) in [6.45, 7) is 1.53. The average molecular weight is 322 g/mol. The molecule has 0 radical (unpaired) electrons. The van der Waals surface area contributed by atoms with Gasteiger partial charge in [0.05, 0.1) is 12.0 Å². The third-order valence-corrected chi connectivity index (χ3v) is 3.16. The zero-order valence-corrected chi connectivity index (χ0v) is 12.6. The van der Waals surface area contributed by atoms with E-state index in [1.165, 1.54) is 19.1 Å². The summed E-state index contributed by atoms with van der Waals surface area (Å²) in [5, 5.41) is 11.7. The molecule has 0 aliphatic rings. The minimum Gasteiger partial charge on any atom is -0.465 e. The summed E-state index contributed by atoms with van der Waals surface area (Å²) >= 11 is 5.79. The van der Waals surface area contributed by atoms with Crippen molar-refractivity contribution in [2.75, 3.05) is 7.11 Å².